The first kappa shape index (κ1) is 15.4. The van der Waals surface area contributed by atoms with Crippen molar-refractivity contribution in [2.24, 2.45) is 5.10 Å². The summed E-state index contributed by atoms with van der Waals surface area (Å²) >= 11 is 0.968. The van der Waals surface area contributed by atoms with Gasteiger partial charge in [0.1, 0.15) is 6.33 Å². The molecule has 0 aliphatic carbocycles. The van der Waals surface area contributed by atoms with Gasteiger partial charge in [0.25, 0.3) is 5.91 Å². The summed E-state index contributed by atoms with van der Waals surface area (Å²) in [6.07, 6.45) is 2.80. The Balaban J connectivity index is 1.62. The van der Waals surface area contributed by atoms with Crippen molar-refractivity contribution in [3.63, 3.8) is 0 Å². The van der Waals surface area contributed by atoms with Crippen LogP contribution in [0.15, 0.2) is 47.8 Å². The lowest BCUT2D eigenvalue weighted by Crippen LogP contribution is -2.17. The van der Waals surface area contributed by atoms with Crippen LogP contribution in [0.5, 0.6) is 0 Å². The lowest BCUT2D eigenvalue weighted by Gasteiger charge is -2.02. The van der Waals surface area contributed by atoms with E-state index in [1.54, 1.807) is 30.3 Å². The molecule has 3 aromatic rings. The highest BCUT2D eigenvalue weighted by molar-refractivity contribution is 7.16. The Morgan fingerprint density at radius 1 is 1.29 bits per heavy atom. The fourth-order valence-electron chi connectivity index (χ4n) is 1.77. The van der Waals surface area contributed by atoms with E-state index in [1.165, 1.54) is 23.3 Å². The largest absolute Gasteiger partial charge is 0.324 e. The summed E-state index contributed by atoms with van der Waals surface area (Å²) in [6.45, 7) is 0. The smallest absolute Gasteiger partial charge is 0.267 e. The van der Waals surface area contributed by atoms with E-state index in [4.69, 9.17) is 0 Å². The SMILES string of the molecule is O=C(NN=Cc1ccc([N+](=O)[O-])s1)c1ccc(-n2cnnn2)cc1. The molecule has 0 fully saturated rings. The summed E-state index contributed by atoms with van der Waals surface area (Å²) in [7, 11) is 0. The van der Waals surface area contributed by atoms with Crippen LogP contribution >= 0.6 is 11.3 Å². The van der Waals surface area contributed by atoms with Crippen molar-refractivity contribution in [3.05, 3.63) is 63.3 Å². The first-order valence-corrected chi connectivity index (χ1v) is 7.36. The number of hydrogen-bond acceptors (Lipinski definition) is 8. The zero-order valence-electron chi connectivity index (χ0n) is 11.9. The van der Waals surface area contributed by atoms with Crippen molar-refractivity contribution < 1.29 is 9.72 Å². The van der Waals surface area contributed by atoms with Crippen molar-refractivity contribution in [1.82, 2.24) is 25.6 Å². The number of carbonyl (C=O) groups is 1. The average Bonchev–Trinajstić information content (AvgIpc) is 3.27. The number of nitro groups is 1. The number of nitrogens with one attached hydrogen (secondary N) is 1. The summed E-state index contributed by atoms with van der Waals surface area (Å²) in [5, 5.41) is 25.2. The van der Waals surface area contributed by atoms with Crippen LogP contribution in [0.25, 0.3) is 5.69 Å². The van der Waals surface area contributed by atoms with Gasteiger partial charge in [0.05, 0.1) is 21.7 Å². The second-order valence-corrected chi connectivity index (χ2v) is 5.53. The van der Waals surface area contributed by atoms with Gasteiger partial charge in [-0.25, -0.2) is 10.1 Å². The molecule has 0 saturated heterocycles. The molecule has 0 bridgehead atoms. The number of benzene rings is 1. The minimum absolute atomic E-state index is 0.0148. The molecular formula is C13H9N7O3S. The van der Waals surface area contributed by atoms with E-state index >= 15 is 0 Å². The van der Waals surface area contributed by atoms with Crippen molar-refractivity contribution in [3.8, 4) is 5.69 Å². The molecule has 2 heterocycles. The number of thiophene rings is 1. The highest BCUT2D eigenvalue weighted by atomic mass is 32.1. The van der Waals surface area contributed by atoms with Gasteiger partial charge in [0, 0.05) is 11.6 Å². The van der Waals surface area contributed by atoms with E-state index in [2.05, 4.69) is 26.1 Å². The van der Waals surface area contributed by atoms with Crippen LogP contribution < -0.4 is 5.43 Å². The highest BCUT2D eigenvalue weighted by Crippen LogP contribution is 2.22. The van der Waals surface area contributed by atoms with E-state index in [1.807, 2.05) is 0 Å². The van der Waals surface area contributed by atoms with E-state index in [9.17, 15) is 14.9 Å². The van der Waals surface area contributed by atoms with Crippen LogP contribution in [0.2, 0.25) is 0 Å². The van der Waals surface area contributed by atoms with Crippen LogP contribution in [-0.4, -0.2) is 37.3 Å². The number of rotatable bonds is 5. The molecular weight excluding hydrogens is 334 g/mol. The lowest BCUT2D eigenvalue weighted by atomic mass is 10.2. The Morgan fingerprint density at radius 2 is 2.08 bits per heavy atom. The Kier molecular flexibility index (Phi) is 4.34. The lowest BCUT2D eigenvalue weighted by molar-refractivity contribution is -0.380. The molecule has 0 saturated carbocycles. The fraction of sp³-hybridized carbons (Fsp3) is 0. The van der Waals surface area contributed by atoms with Crippen LogP contribution in [0.1, 0.15) is 15.2 Å². The zero-order valence-corrected chi connectivity index (χ0v) is 12.8. The minimum atomic E-state index is -0.479. The van der Waals surface area contributed by atoms with Crippen LogP contribution in [-0.2, 0) is 0 Å². The maximum Gasteiger partial charge on any atom is 0.324 e. The molecule has 1 aromatic carbocycles. The molecule has 1 N–H and O–H groups in total. The van der Waals surface area contributed by atoms with Gasteiger partial charge in [-0.2, -0.15) is 5.10 Å². The molecule has 0 aliphatic rings. The van der Waals surface area contributed by atoms with E-state index in [-0.39, 0.29) is 5.00 Å². The van der Waals surface area contributed by atoms with Crippen molar-refractivity contribution in [2.75, 3.05) is 0 Å². The van der Waals surface area contributed by atoms with Crippen molar-refractivity contribution in [2.45, 2.75) is 0 Å². The van der Waals surface area contributed by atoms with Gasteiger partial charge in [-0.3, -0.25) is 14.9 Å². The molecule has 11 heteroatoms. The first-order valence-electron chi connectivity index (χ1n) is 6.54. The third-order valence-corrected chi connectivity index (χ3v) is 3.86. The van der Waals surface area contributed by atoms with E-state index in [0.717, 1.165) is 11.3 Å². The first-order chi connectivity index (χ1) is 11.6. The summed E-state index contributed by atoms with van der Waals surface area (Å²) in [6, 6.07) is 9.54. The zero-order chi connectivity index (χ0) is 16.9. The molecule has 24 heavy (non-hydrogen) atoms. The number of tetrazole rings is 1. The third-order valence-electron chi connectivity index (χ3n) is 2.89. The minimum Gasteiger partial charge on any atom is -0.267 e. The summed E-state index contributed by atoms with van der Waals surface area (Å²) in [5.41, 5.74) is 3.48. The second-order valence-electron chi connectivity index (χ2n) is 4.43. The number of carbonyl (C=O) groups excluding carboxylic acids is 1. The molecule has 10 nitrogen and oxygen atoms in total. The molecule has 2 aromatic heterocycles. The Bertz CT molecular complexity index is 887. The molecule has 1 amide bonds. The third kappa shape index (κ3) is 3.47. The maximum atomic E-state index is 12.0. The van der Waals surface area contributed by atoms with Gasteiger partial charge in [-0.05, 0) is 40.8 Å². The molecule has 0 spiro atoms. The van der Waals surface area contributed by atoms with Gasteiger partial charge in [0.15, 0.2) is 0 Å². The van der Waals surface area contributed by atoms with E-state index < -0.39 is 10.8 Å². The average molecular weight is 343 g/mol. The summed E-state index contributed by atoms with van der Waals surface area (Å²) < 4.78 is 1.46. The molecule has 3 rings (SSSR count). The van der Waals surface area contributed by atoms with Gasteiger partial charge >= 0.3 is 5.00 Å². The Morgan fingerprint density at radius 3 is 2.71 bits per heavy atom. The standard InChI is InChI=1S/C13H9N7O3S/c21-13(16-14-7-11-5-6-12(24-11)20(22)23)9-1-3-10(4-2-9)19-8-15-17-18-19/h1-8H,(H,16,21). The fourth-order valence-corrected chi connectivity index (χ4v) is 2.47. The van der Waals surface area contributed by atoms with Gasteiger partial charge in [0.2, 0.25) is 0 Å². The van der Waals surface area contributed by atoms with Crippen LogP contribution in [0, 0.1) is 10.1 Å². The summed E-state index contributed by atoms with van der Waals surface area (Å²) in [5.74, 6) is -0.402. The number of hydrazone groups is 1. The van der Waals surface area contributed by atoms with Crippen molar-refractivity contribution >= 4 is 28.5 Å². The maximum absolute atomic E-state index is 12.0. The molecule has 0 atom stereocenters. The van der Waals surface area contributed by atoms with E-state index in [0.29, 0.717) is 16.1 Å². The topological polar surface area (TPSA) is 128 Å². The normalized spacial score (nSPS) is 10.8. The predicted octanol–water partition coefficient (Wildman–Crippen LogP) is 1.40. The van der Waals surface area contributed by atoms with Gasteiger partial charge < -0.3 is 0 Å². The molecule has 0 unspecified atom stereocenters. The summed E-state index contributed by atoms with van der Waals surface area (Å²) in [4.78, 5) is 22.6. The second kappa shape index (κ2) is 6.75. The Labute approximate surface area is 138 Å². The molecule has 120 valence electrons. The highest BCUT2D eigenvalue weighted by Gasteiger charge is 2.08. The predicted molar refractivity (Wildman–Crippen MR) is 85.2 cm³/mol. The van der Waals surface area contributed by atoms with Crippen LogP contribution in [0.3, 0.4) is 0 Å². The van der Waals surface area contributed by atoms with Crippen LogP contribution in [0.4, 0.5) is 5.00 Å². The quantitative estimate of drug-likeness (QED) is 0.423. The number of aromatic nitrogens is 4. The Hall–Kier alpha value is -3.47. The molecule has 0 aliphatic heterocycles. The molecule has 0 radical (unpaired) electrons. The van der Waals surface area contributed by atoms with Gasteiger partial charge in [-0.1, -0.05) is 11.3 Å². The monoisotopic (exact) mass is 343 g/mol. The van der Waals surface area contributed by atoms with Crippen molar-refractivity contribution in [1.29, 1.82) is 0 Å². The number of amides is 1. The number of hydrogen-bond donors (Lipinski definition) is 1. The van der Waals surface area contributed by atoms with Gasteiger partial charge in [-0.15, -0.1) is 5.10 Å². The number of nitrogens with zero attached hydrogens (tertiary/aromatic N) is 6.